The lowest BCUT2D eigenvalue weighted by atomic mass is 9.58. The van der Waals surface area contributed by atoms with Gasteiger partial charge in [-0.1, -0.05) is 23.3 Å². The van der Waals surface area contributed by atoms with E-state index in [1.807, 2.05) is 12.2 Å². The fraction of sp³-hybridized carbons (Fsp3) is 0.400. The van der Waals surface area contributed by atoms with Crippen LogP contribution in [0.3, 0.4) is 0 Å². The highest BCUT2D eigenvalue weighted by molar-refractivity contribution is 6.01. The van der Waals surface area contributed by atoms with Crippen LogP contribution in [0.4, 0.5) is 26.3 Å². The Hall–Kier alpha value is -3.56. The first kappa shape index (κ1) is 26.7. The van der Waals surface area contributed by atoms with Gasteiger partial charge in [-0.05, 0) is 78.3 Å². The fourth-order valence-electron chi connectivity index (χ4n) is 7.98. The van der Waals surface area contributed by atoms with Crippen molar-refractivity contribution in [3.05, 3.63) is 93.6 Å². The van der Waals surface area contributed by atoms with Gasteiger partial charge in [-0.25, -0.2) is 26.3 Å². The van der Waals surface area contributed by atoms with E-state index in [0.717, 1.165) is 38.5 Å². The van der Waals surface area contributed by atoms with Crippen molar-refractivity contribution in [2.24, 2.45) is 29.1 Å². The molecule has 4 aliphatic rings. The van der Waals surface area contributed by atoms with Crippen molar-refractivity contribution in [3.63, 3.8) is 0 Å². The molecule has 6 rings (SSSR count). The third-order valence-corrected chi connectivity index (χ3v) is 9.38. The maximum Gasteiger partial charge on any atom is 0.323 e. The van der Waals surface area contributed by atoms with Crippen molar-refractivity contribution in [1.82, 2.24) is 0 Å². The van der Waals surface area contributed by atoms with E-state index >= 15 is 0 Å². The largest absolute Gasteiger partial charge is 0.468 e. The van der Waals surface area contributed by atoms with E-state index in [-0.39, 0.29) is 47.6 Å². The first-order chi connectivity index (χ1) is 19.0. The molecule has 4 nitrogen and oxygen atoms in total. The Bertz CT molecular complexity index is 1360. The number of carbonyl (C=O) groups is 2. The monoisotopic (exact) mass is 562 g/mol. The molecule has 0 aromatic heterocycles. The van der Waals surface area contributed by atoms with Crippen molar-refractivity contribution in [1.29, 1.82) is 0 Å². The molecule has 2 aromatic rings. The molecule has 0 spiro atoms. The quantitative estimate of drug-likeness (QED) is 0.145. The van der Waals surface area contributed by atoms with E-state index in [9.17, 15) is 35.9 Å². The number of hydrogen-bond donors (Lipinski definition) is 0. The molecular weight excluding hydrogens is 538 g/mol. The summed E-state index contributed by atoms with van der Waals surface area (Å²) in [5, 5.41) is 0. The Labute approximate surface area is 225 Å². The number of allylic oxidation sites excluding steroid dienone is 4. The molecule has 1 fully saturated rings. The summed E-state index contributed by atoms with van der Waals surface area (Å²) in [5.41, 5.74) is -0.665. The van der Waals surface area contributed by atoms with Crippen molar-refractivity contribution in [3.8, 4) is 0 Å². The number of ether oxygens (including phenoxy) is 2. The number of carbonyl (C=O) groups excluding carboxylic acids is 2. The van der Waals surface area contributed by atoms with Crippen molar-refractivity contribution in [2.45, 2.75) is 31.1 Å². The maximum atomic E-state index is 14.5. The summed E-state index contributed by atoms with van der Waals surface area (Å²) in [4.78, 5) is 26.3. The maximum absolute atomic E-state index is 14.5. The first-order valence-electron chi connectivity index (χ1n) is 12.9. The van der Waals surface area contributed by atoms with Crippen LogP contribution < -0.4 is 0 Å². The zero-order valence-electron chi connectivity index (χ0n) is 21.5. The number of rotatable bonds is 4. The third-order valence-electron chi connectivity index (χ3n) is 9.38. The normalized spacial score (nSPS) is 29.4. The lowest BCUT2D eigenvalue weighted by Gasteiger charge is -2.46. The van der Waals surface area contributed by atoms with Crippen LogP contribution in [0.25, 0.3) is 0 Å². The van der Waals surface area contributed by atoms with Gasteiger partial charge in [0.25, 0.3) is 0 Å². The molecule has 0 amide bonds. The van der Waals surface area contributed by atoms with Gasteiger partial charge < -0.3 is 9.47 Å². The van der Waals surface area contributed by atoms with Gasteiger partial charge in [0.05, 0.1) is 14.2 Å². The molecule has 6 atom stereocenters. The van der Waals surface area contributed by atoms with Crippen LogP contribution >= 0.6 is 0 Å². The Morgan fingerprint density at radius 2 is 1.02 bits per heavy atom. The highest BCUT2D eigenvalue weighted by atomic mass is 19.2. The van der Waals surface area contributed by atoms with Gasteiger partial charge in [-0.2, -0.15) is 0 Å². The summed E-state index contributed by atoms with van der Waals surface area (Å²) >= 11 is 0. The van der Waals surface area contributed by atoms with Crippen LogP contribution in [0.15, 0.2) is 47.6 Å². The average Bonchev–Trinajstić information content (AvgIpc) is 3.66. The Kier molecular flexibility index (Phi) is 6.16. The second kappa shape index (κ2) is 9.24. The molecule has 10 heteroatoms. The molecule has 2 bridgehead atoms. The van der Waals surface area contributed by atoms with Crippen LogP contribution in [0.5, 0.6) is 0 Å². The smallest absolute Gasteiger partial charge is 0.323 e. The molecule has 0 saturated heterocycles. The van der Waals surface area contributed by atoms with E-state index in [0.29, 0.717) is 17.6 Å². The van der Waals surface area contributed by atoms with Crippen molar-refractivity contribution < 1.29 is 45.4 Å². The predicted octanol–water partition coefficient (Wildman–Crippen LogP) is 6.26. The summed E-state index contributed by atoms with van der Waals surface area (Å²) in [6.45, 7) is 0. The van der Waals surface area contributed by atoms with Crippen LogP contribution in [0.2, 0.25) is 0 Å². The molecule has 4 aliphatic carbocycles. The predicted molar refractivity (Wildman–Crippen MR) is 129 cm³/mol. The Balaban J connectivity index is 1.62. The molecule has 0 aliphatic heterocycles. The average molecular weight is 563 g/mol. The zero-order chi connectivity index (χ0) is 28.7. The minimum Gasteiger partial charge on any atom is -0.468 e. The number of halogens is 6. The molecule has 0 heterocycles. The molecular formula is C30H24F6O4. The first-order valence-corrected chi connectivity index (χ1v) is 12.9. The Morgan fingerprint density at radius 1 is 0.675 bits per heavy atom. The fourth-order valence-corrected chi connectivity index (χ4v) is 7.98. The number of benzene rings is 2. The number of hydrogen-bond acceptors (Lipinski definition) is 4. The van der Waals surface area contributed by atoms with Crippen molar-refractivity contribution >= 4 is 11.9 Å². The van der Waals surface area contributed by atoms with Gasteiger partial charge in [0.1, 0.15) is 0 Å². The molecule has 0 N–H and O–H groups in total. The van der Waals surface area contributed by atoms with Crippen LogP contribution in [0.1, 0.15) is 42.2 Å². The topological polar surface area (TPSA) is 52.6 Å². The summed E-state index contributed by atoms with van der Waals surface area (Å²) < 4.78 is 96.1. The number of esters is 2. The van der Waals surface area contributed by atoms with E-state index in [1.165, 1.54) is 0 Å². The van der Waals surface area contributed by atoms with Gasteiger partial charge in [-0.3, -0.25) is 9.59 Å². The minimum atomic E-state index is -1.86. The van der Waals surface area contributed by atoms with E-state index in [1.54, 1.807) is 0 Å². The Morgan fingerprint density at radius 3 is 1.35 bits per heavy atom. The number of methoxy groups -OCH3 is 2. The highest BCUT2D eigenvalue weighted by Crippen LogP contribution is 2.68. The minimum absolute atomic E-state index is 0.103. The molecule has 2 aromatic carbocycles. The summed E-state index contributed by atoms with van der Waals surface area (Å²) in [6.07, 6.45) is 4.15. The molecule has 0 unspecified atom stereocenters. The van der Waals surface area contributed by atoms with Gasteiger partial charge >= 0.3 is 11.9 Å². The standard InChI is InChI=1S/C30H24F6O4/c1-39-28(37)30(29(38)40-2)10-16-17(11-30)23(15-8-20(33)27(36)21(34)9-15)25-13-4-3-12(5-13)24(25)22(16)14-6-18(31)26(35)19(32)7-14/h3-4,6-9,12-13,22-25H,5,10-11H2,1-2H3/t12-,13+,22+,23-,24-,25+. The SMILES string of the molecule is COC(=O)C1(C(=O)OC)CC2=C(C1)[C@@H](c1cc(F)c(F)c(F)c1)[C@H]1[C@H]([C@@H]3C=C[C@H]1C3)[C@H]2c1cc(F)c(F)c(F)c1. The van der Waals surface area contributed by atoms with E-state index in [4.69, 9.17) is 9.47 Å². The van der Waals surface area contributed by atoms with Crippen molar-refractivity contribution in [2.75, 3.05) is 14.2 Å². The van der Waals surface area contributed by atoms with E-state index in [2.05, 4.69) is 0 Å². The second-order valence-corrected chi connectivity index (χ2v) is 11.1. The summed E-state index contributed by atoms with van der Waals surface area (Å²) in [5.74, 6) is -13.0. The lowest BCUT2D eigenvalue weighted by Crippen LogP contribution is -2.39. The van der Waals surface area contributed by atoms with Crippen LogP contribution in [-0.2, 0) is 19.1 Å². The summed E-state index contributed by atoms with van der Waals surface area (Å²) in [7, 11) is 2.21. The third kappa shape index (κ3) is 3.60. The zero-order valence-corrected chi connectivity index (χ0v) is 21.5. The molecule has 40 heavy (non-hydrogen) atoms. The van der Waals surface area contributed by atoms with Crippen LogP contribution in [-0.4, -0.2) is 26.2 Å². The second-order valence-electron chi connectivity index (χ2n) is 11.1. The van der Waals surface area contributed by atoms with E-state index < -0.39 is 64.1 Å². The summed E-state index contributed by atoms with van der Waals surface area (Å²) in [6, 6.07) is 3.64. The van der Waals surface area contributed by atoms with Gasteiger partial charge in [0.15, 0.2) is 40.3 Å². The molecule has 1 saturated carbocycles. The lowest BCUT2D eigenvalue weighted by molar-refractivity contribution is -0.168. The van der Waals surface area contributed by atoms with Gasteiger partial charge in [0.2, 0.25) is 0 Å². The number of fused-ring (bicyclic) bond motifs is 5. The highest BCUT2D eigenvalue weighted by Gasteiger charge is 2.63. The molecule has 210 valence electrons. The van der Waals surface area contributed by atoms with Gasteiger partial charge in [0, 0.05) is 11.8 Å². The molecule has 0 radical (unpaired) electrons. The van der Waals surface area contributed by atoms with Crippen LogP contribution in [0, 0.1) is 64.0 Å². The van der Waals surface area contributed by atoms with Gasteiger partial charge in [-0.15, -0.1) is 0 Å².